The predicted octanol–water partition coefficient (Wildman–Crippen LogP) is 3.18. The molecule has 0 aliphatic rings. The number of halogens is 1. The molecule has 18 heavy (non-hydrogen) atoms. The highest BCUT2D eigenvalue weighted by atomic mass is 35.5. The highest BCUT2D eigenvalue weighted by Gasteiger charge is 2.17. The Labute approximate surface area is 114 Å². The molecule has 0 radical (unpaired) electrons. The zero-order valence-electron chi connectivity index (χ0n) is 11.0. The van der Waals surface area contributed by atoms with Gasteiger partial charge in [0.1, 0.15) is 5.75 Å². The van der Waals surface area contributed by atoms with Crippen LogP contribution in [0.2, 0.25) is 0 Å². The standard InChI is InChI=1S/C14H20ClNO2/c1-3-16(11-7-10-15)14(17)12-8-5-6-9-13(12)18-4-2/h5-6,8-9H,3-4,7,10-11H2,1-2H3. The van der Waals surface area contributed by atoms with E-state index in [-0.39, 0.29) is 5.91 Å². The van der Waals surface area contributed by atoms with E-state index in [0.29, 0.717) is 36.9 Å². The van der Waals surface area contributed by atoms with Gasteiger partial charge in [-0.3, -0.25) is 4.79 Å². The summed E-state index contributed by atoms with van der Waals surface area (Å²) in [5.41, 5.74) is 0.621. The molecule has 1 aromatic rings. The normalized spacial score (nSPS) is 10.2. The second-order valence-corrected chi connectivity index (χ2v) is 4.23. The van der Waals surface area contributed by atoms with Gasteiger partial charge in [-0.1, -0.05) is 12.1 Å². The van der Waals surface area contributed by atoms with Gasteiger partial charge in [-0.25, -0.2) is 0 Å². The summed E-state index contributed by atoms with van der Waals surface area (Å²) >= 11 is 5.67. The number of ether oxygens (including phenoxy) is 1. The number of carbonyl (C=O) groups excluding carboxylic acids is 1. The van der Waals surface area contributed by atoms with Crippen LogP contribution in [0.1, 0.15) is 30.6 Å². The van der Waals surface area contributed by atoms with E-state index in [2.05, 4.69) is 0 Å². The Kier molecular flexibility index (Phi) is 6.58. The highest BCUT2D eigenvalue weighted by Crippen LogP contribution is 2.20. The fourth-order valence-corrected chi connectivity index (χ4v) is 1.87. The lowest BCUT2D eigenvalue weighted by molar-refractivity contribution is 0.0760. The summed E-state index contributed by atoms with van der Waals surface area (Å²) in [6.45, 7) is 5.79. The average Bonchev–Trinajstić information content (AvgIpc) is 2.40. The molecule has 0 aromatic heterocycles. The molecule has 100 valence electrons. The summed E-state index contributed by atoms with van der Waals surface area (Å²) in [4.78, 5) is 14.2. The first-order chi connectivity index (χ1) is 8.74. The Hall–Kier alpha value is -1.22. The number of hydrogen-bond donors (Lipinski definition) is 0. The van der Waals surface area contributed by atoms with Gasteiger partial charge in [-0.15, -0.1) is 11.6 Å². The van der Waals surface area contributed by atoms with Crippen LogP contribution in [0.5, 0.6) is 5.75 Å². The quantitative estimate of drug-likeness (QED) is 0.712. The van der Waals surface area contributed by atoms with Gasteiger partial charge in [0.05, 0.1) is 12.2 Å². The van der Waals surface area contributed by atoms with Crippen molar-refractivity contribution in [2.75, 3.05) is 25.6 Å². The van der Waals surface area contributed by atoms with E-state index < -0.39 is 0 Å². The molecule has 0 heterocycles. The van der Waals surface area contributed by atoms with Crippen LogP contribution in [-0.4, -0.2) is 36.4 Å². The predicted molar refractivity (Wildman–Crippen MR) is 74.5 cm³/mol. The van der Waals surface area contributed by atoms with Crippen LogP contribution in [0, 0.1) is 0 Å². The Bertz CT molecular complexity index is 382. The Morgan fingerprint density at radius 3 is 2.67 bits per heavy atom. The van der Waals surface area contributed by atoms with Crippen molar-refractivity contribution in [1.82, 2.24) is 4.90 Å². The van der Waals surface area contributed by atoms with Crippen LogP contribution >= 0.6 is 11.6 Å². The van der Waals surface area contributed by atoms with Crippen LogP contribution in [0.25, 0.3) is 0 Å². The molecular weight excluding hydrogens is 250 g/mol. The fraction of sp³-hybridized carbons (Fsp3) is 0.500. The maximum atomic E-state index is 12.4. The highest BCUT2D eigenvalue weighted by molar-refractivity contribution is 6.17. The van der Waals surface area contributed by atoms with Crippen LogP contribution in [0.3, 0.4) is 0 Å². The molecule has 0 saturated carbocycles. The Balaban J connectivity index is 2.86. The molecule has 0 aliphatic heterocycles. The van der Waals surface area contributed by atoms with Crippen LogP contribution in [0.15, 0.2) is 24.3 Å². The van der Waals surface area contributed by atoms with Crippen molar-refractivity contribution in [3.63, 3.8) is 0 Å². The molecule has 1 aromatic carbocycles. The van der Waals surface area contributed by atoms with Crippen molar-refractivity contribution < 1.29 is 9.53 Å². The van der Waals surface area contributed by atoms with Crippen LogP contribution in [0.4, 0.5) is 0 Å². The molecule has 3 nitrogen and oxygen atoms in total. The van der Waals surface area contributed by atoms with Crippen molar-refractivity contribution in [3.05, 3.63) is 29.8 Å². The summed E-state index contributed by atoms with van der Waals surface area (Å²) in [6.07, 6.45) is 0.804. The van der Waals surface area contributed by atoms with Crippen molar-refractivity contribution in [2.45, 2.75) is 20.3 Å². The summed E-state index contributed by atoms with van der Waals surface area (Å²) in [5.74, 6) is 1.22. The van der Waals surface area contributed by atoms with Gasteiger partial charge >= 0.3 is 0 Å². The SMILES string of the molecule is CCOc1ccccc1C(=O)N(CC)CCCCl. The average molecular weight is 270 g/mol. The number of rotatable bonds is 7. The Morgan fingerprint density at radius 2 is 2.06 bits per heavy atom. The number of benzene rings is 1. The van der Waals surface area contributed by atoms with E-state index in [0.717, 1.165) is 6.42 Å². The fourth-order valence-electron chi connectivity index (χ4n) is 1.75. The molecule has 0 bridgehead atoms. The number of para-hydroxylation sites is 1. The van der Waals surface area contributed by atoms with Crippen molar-refractivity contribution >= 4 is 17.5 Å². The molecule has 1 amide bonds. The molecular formula is C14H20ClNO2. The molecule has 1 rings (SSSR count). The third-order valence-corrected chi connectivity index (χ3v) is 2.92. The van der Waals surface area contributed by atoms with E-state index in [1.807, 2.05) is 32.0 Å². The molecule has 0 spiro atoms. The van der Waals surface area contributed by atoms with E-state index in [9.17, 15) is 4.79 Å². The van der Waals surface area contributed by atoms with Gasteiger partial charge in [0.15, 0.2) is 0 Å². The van der Waals surface area contributed by atoms with Crippen molar-refractivity contribution in [3.8, 4) is 5.75 Å². The lowest BCUT2D eigenvalue weighted by atomic mass is 10.1. The summed E-state index contributed by atoms with van der Waals surface area (Å²) in [5, 5.41) is 0. The van der Waals surface area contributed by atoms with E-state index in [1.54, 1.807) is 11.0 Å². The van der Waals surface area contributed by atoms with E-state index in [1.165, 1.54) is 0 Å². The first-order valence-electron chi connectivity index (χ1n) is 6.31. The molecule has 4 heteroatoms. The summed E-state index contributed by atoms with van der Waals surface area (Å²) < 4.78 is 5.48. The first kappa shape index (κ1) is 14.8. The topological polar surface area (TPSA) is 29.5 Å². The minimum atomic E-state index is 0.00617. The maximum absolute atomic E-state index is 12.4. The van der Waals surface area contributed by atoms with Crippen LogP contribution in [-0.2, 0) is 0 Å². The second kappa shape index (κ2) is 7.98. The molecule has 0 saturated heterocycles. The summed E-state index contributed by atoms with van der Waals surface area (Å²) in [6, 6.07) is 7.35. The van der Waals surface area contributed by atoms with Gasteiger partial charge < -0.3 is 9.64 Å². The lowest BCUT2D eigenvalue weighted by Crippen LogP contribution is -2.32. The van der Waals surface area contributed by atoms with Gasteiger partial charge in [0.2, 0.25) is 0 Å². The third-order valence-electron chi connectivity index (χ3n) is 2.65. The third kappa shape index (κ3) is 3.91. The van der Waals surface area contributed by atoms with Gasteiger partial charge in [-0.2, -0.15) is 0 Å². The number of alkyl halides is 1. The first-order valence-corrected chi connectivity index (χ1v) is 6.85. The van der Waals surface area contributed by atoms with Gasteiger partial charge in [-0.05, 0) is 32.4 Å². The Morgan fingerprint density at radius 1 is 1.33 bits per heavy atom. The molecule has 0 N–H and O–H groups in total. The van der Waals surface area contributed by atoms with Crippen LogP contribution < -0.4 is 4.74 Å². The smallest absolute Gasteiger partial charge is 0.257 e. The molecule has 0 aliphatic carbocycles. The molecule has 0 fully saturated rings. The molecule has 0 unspecified atom stereocenters. The second-order valence-electron chi connectivity index (χ2n) is 3.86. The number of nitrogens with zero attached hydrogens (tertiary/aromatic N) is 1. The van der Waals surface area contributed by atoms with E-state index in [4.69, 9.17) is 16.3 Å². The number of carbonyl (C=O) groups is 1. The minimum Gasteiger partial charge on any atom is -0.493 e. The van der Waals surface area contributed by atoms with Crippen molar-refractivity contribution in [1.29, 1.82) is 0 Å². The monoisotopic (exact) mass is 269 g/mol. The number of amides is 1. The van der Waals surface area contributed by atoms with Gasteiger partial charge in [0, 0.05) is 19.0 Å². The van der Waals surface area contributed by atoms with E-state index >= 15 is 0 Å². The zero-order chi connectivity index (χ0) is 13.4. The van der Waals surface area contributed by atoms with Gasteiger partial charge in [0.25, 0.3) is 5.91 Å². The summed E-state index contributed by atoms with van der Waals surface area (Å²) in [7, 11) is 0. The maximum Gasteiger partial charge on any atom is 0.257 e. The largest absolute Gasteiger partial charge is 0.493 e. The zero-order valence-corrected chi connectivity index (χ0v) is 11.7. The molecule has 0 atom stereocenters. The number of hydrogen-bond acceptors (Lipinski definition) is 2. The minimum absolute atomic E-state index is 0.00617. The van der Waals surface area contributed by atoms with Crippen molar-refractivity contribution in [2.24, 2.45) is 0 Å². The lowest BCUT2D eigenvalue weighted by Gasteiger charge is -2.21.